The van der Waals surface area contributed by atoms with E-state index in [-0.39, 0.29) is 0 Å². The molecule has 0 unspecified atom stereocenters. The molecule has 1 saturated heterocycles. The molecule has 7 heteroatoms. The summed E-state index contributed by atoms with van der Waals surface area (Å²) in [4.78, 5) is 20.4. The number of oxazole rings is 1. The molecule has 1 aliphatic rings. The summed E-state index contributed by atoms with van der Waals surface area (Å²) in [7, 11) is 0. The van der Waals surface area contributed by atoms with E-state index in [0.29, 0.717) is 12.4 Å². The van der Waals surface area contributed by atoms with Gasteiger partial charge in [0.15, 0.2) is 0 Å². The quantitative estimate of drug-likeness (QED) is 0.532. The number of nitrogens with zero attached hydrogens (tertiary/aromatic N) is 6. The second-order valence-corrected chi connectivity index (χ2v) is 6.85. The van der Waals surface area contributed by atoms with Crippen LogP contribution in [-0.4, -0.2) is 37.6 Å². The van der Waals surface area contributed by atoms with Crippen molar-refractivity contribution < 1.29 is 4.42 Å². The molecule has 4 heterocycles. The highest BCUT2D eigenvalue weighted by atomic mass is 16.3. The molecule has 4 aromatic rings. The van der Waals surface area contributed by atoms with E-state index >= 15 is 0 Å². The van der Waals surface area contributed by atoms with Gasteiger partial charge in [0.25, 0.3) is 0 Å². The van der Waals surface area contributed by atoms with Crippen molar-refractivity contribution in [1.29, 1.82) is 0 Å². The van der Waals surface area contributed by atoms with E-state index < -0.39 is 0 Å². The van der Waals surface area contributed by atoms with Gasteiger partial charge in [-0.1, -0.05) is 18.2 Å². The van der Waals surface area contributed by atoms with Crippen LogP contribution in [0.2, 0.25) is 0 Å². The third kappa shape index (κ3) is 3.26. The Kier molecular flexibility index (Phi) is 4.33. The summed E-state index contributed by atoms with van der Waals surface area (Å²) in [6.07, 6.45) is 11.5. The van der Waals surface area contributed by atoms with Crippen LogP contribution in [0.5, 0.6) is 0 Å². The van der Waals surface area contributed by atoms with Gasteiger partial charge < -0.3 is 13.9 Å². The van der Waals surface area contributed by atoms with Crippen LogP contribution < -0.4 is 4.90 Å². The van der Waals surface area contributed by atoms with E-state index in [2.05, 4.69) is 24.8 Å². The van der Waals surface area contributed by atoms with Crippen LogP contribution in [0.1, 0.15) is 18.5 Å². The molecular formula is C21H20N6O. The van der Waals surface area contributed by atoms with Crippen molar-refractivity contribution in [2.45, 2.75) is 19.4 Å². The van der Waals surface area contributed by atoms with Crippen molar-refractivity contribution in [3.63, 3.8) is 0 Å². The highest BCUT2D eigenvalue weighted by Crippen LogP contribution is 2.22. The molecule has 0 atom stereocenters. The van der Waals surface area contributed by atoms with Crippen LogP contribution in [0.4, 0.5) is 5.95 Å². The fourth-order valence-corrected chi connectivity index (χ4v) is 3.48. The molecule has 0 saturated carbocycles. The molecule has 1 aliphatic heterocycles. The molecule has 3 aromatic heterocycles. The summed E-state index contributed by atoms with van der Waals surface area (Å²) in [6.45, 7) is 2.63. The van der Waals surface area contributed by atoms with E-state index in [1.807, 2.05) is 53.5 Å². The van der Waals surface area contributed by atoms with Gasteiger partial charge in [0.2, 0.25) is 11.8 Å². The molecule has 0 aliphatic carbocycles. The Morgan fingerprint density at radius 1 is 0.929 bits per heavy atom. The Hall–Kier alpha value is -3.48. The molecule has 28 heavy (non-hydrogen) atoms. The van der Waals surface area contributed by atoms with Crippen LogP contribution in [0, 0.1) is 0 Å². The van der Waals surface area contributed by atoms with Crippen LogP contribution in [0.25, 0.3) is 22.8 Å². The second-order valence-electron chi connectivity index (χ2n) is 6.85. The minimum atomic E-state index is 0.569. The van der Waals surface area contributed by atoms with E-state index in [1.165, 1.54) is 12.8 Å². The maximum absolute atomic E-state index is 5.64. The summed E-state index contributed by atoms with van der Waals surface area (Å²) in [5.74, 6) is 2.23. The lowest BCUT2D eigenvalue weighted by Crippen LogP contribution is -2.20. The monoisotopic (exact) mass is 372 g/mol. The highest BCUT2D eigenvalue weighted by molar-refractivity contribution is 5.55. The van der Waals surface area contributed by atoms with E-state index in [1.54, 1.807) is 12.5 Å². The number of hydrogen-bond acceptors (Lipinski definition) is 6. The lowest BCUT2D eigenvalue weighted by atomic mass is 10.2. The number of imidazole rings is 1. The largest absolute Gasteiger partial charge is 0.444 e. The third-order valence-corrected chi connectivity index (χ3v) is 4.91. The normalized spacial score (nSPS) is 13.9. The SMILES string of the molecule is c1ccc(-c2nc(Cn3ccnc3-c3cnc(N4CCCC4)nc3)co2)cc1. The highest BCUT2D eigenvalue weighted by Gasteiger charge is 2.16. The molecule has 0 amide bonds. The third-order valence-electron chi connectivity index (χ3n) is 4.91. The molecule has 0 radical (unpaired) electrons. The Morgan fingerprint density at radius 2 is 1.71 bits per heavy atom. The fourth-order valence-electron chi connectivity index (χ4n) is 3.48. The number of aromatic nitrogens is 5. The minimum Gasteiger partial charge on any atom is -0.444 e. The topological polar surface area (TPSA) is 72.9 Å². The first-order valence-electron chi connectivity index (χ1n) is 9.45. The van der Waals surface area contributed by atoms with Crippen LogP contribution in [0.3, 0.4) is 0 Å². The first-order valence-corrected chi connectivity index (χ1v) is 9.45. The number of anilines is 1. The van der Waals surface area contributed by atoms with E-state index in [4.69, 9.17) is 4.42 Å². The molecule has 0 spiro atoms. The molecule has 5 rings (SSSR count). The minimum absolute atomic E-state index is 0.569. The molecular weight excluding hydrogens is 352 g/mol. The van der Waals surface area contributed by atoms with E-state index in [0.717, 1.165) is 41.7 Å². The molecule has 140 valence electrons. The maximum atomic E-state index is 5.64. The predicted molar refractivity (Wildman–Crippen MR) is 106 cm³/mol. The summed E-state index contributed by atoms with van der Waals surface area (Å²) >= 11 is 0. The van der Waals surface area contributed by atoms with Gasteiger partial charge in [0.05, 0.1) is 17.8 Å². The maximum Gasteiger partial charge on any atom is 0.226 e. The zero-order valence-corrected chi connectivity index (χ0v) is 15.4. The predicted octanol–water partition coefficient (Wildman–Crippen LogP) is 3.64. The van der Waals surface area contributed by atoms with Crippen LogP contribution in [-0.2, 0) is 6.54 Å². The Morgan fingerprint density at radius 3 is 2.50 bits per heavy atom. The molecule has 1 fully saturated rings. The van der Waals surface area contributed by atoms with Crippen molar-refractivity contribution in [2.24, 2.45) is 0 Å². The fraction of sp³-hybridized carbons (Fsp3) is 0.238. The number of rotatable bonds is 5. The van der Waals surface area contributed by atoms with E-state index in [9.17, 15) is 0 Å². The molecule has 1 aromatic carbocycles. The number of hydrogen-bond donors (Lipinski definition) is 0. The standard InChI is InChI=1S/C21H20N6O/c1-2-6-16(7-3-1)20-25-18(15-28-20)14-27-11-8-22-19(27)17-12-23-21(24-13-17)26-9-4-5-10-26/h1-3,6-8,11-13,15H,4-5,9-10,14H2. The van der Waals surface area contributed by atoms with Gasteiger partial charge in [-0.05, 0) is 25.0 Å². The van der Waals surface area contributed by atoms with Crippen LogP contribution in [0.15, 0.2) is 65.8 Å². The molecule has 7 nitrogen and oxygen atoms in total. The van der Waals surface area contributed by atoms with Gasteiger partial charge in [-0.3, -0.25) is 0 Å². The van der Waals surface area contributed by atoms with Crippen molar-refractivity contribution in [3.8, 4) is 22.8 Å². The van der Waals surface area contributed by atoms with Crippen molar-refractivity contribution in [2.75, 3.05) is 18.0 Å². The summed E-state index contributed by atoms with van der Waals surface area (Å²) in [5.41, 5.74) is 2.69. The lowest BCUT2D eigenvalue weighted by molar-refractivity contribution is 0.571. The van der Waals surface area contributed by atoms with Gasteiger partial charge in [-0.15, -0.1) is 0 Å². The smallest absolute Gasteiger partial charge is 0.226 e. The molecule has 0 bridgehead atoms. The van der Waals surface area contributed by atoms with Gasteiger partial charge >= 0.3 is 0 Å². The zero-order chi connectivity index (χ0) is 18.8. The number of benzene rings is 1. The van der Waals surface area contributed by atoms with Crippen molar-refractivity contribution >= 4 is 5.95 Å². The average Bonchev–Trinajstić information content (AvgIpc) is 3.51. The summed E-state index contributed by atoms with van der Waals surface area (Å²) < 4.78 is 7.67. The van der Waals surface area contributed by atoms with Gasteiger partial charge in [-0.25, -0.2) is 19.9 Å². The summed E-state index contributed by atoms with van der Waals surface area (Å²) in [5, 5.41) is 0. The van der Waals surface area contributed by atoms with Crippen LogP contribution >= 0.6 is 0 Å². The first-order chi connectivity index (χ1) is 13.9. The van der Waals surface area contributed by atoms with Crippen molar-refractivity contribution in [1.82, 2.24) is 24.5 Å². The first kappa shape index (κ1) is 16.7. The Balaban J connectivity index is 1.36. The van der Waals surface area contributed by atoms with Gasteiger partial charge in [0, 0.05) is 43.4 Å². The lowest BCUT2D eigenvalue weighted by Gasteiger charge is -2.14. The Bertz CT molecular complexity index is 1050. The summed E-state index contributed by atoms with van der Waals surface area (Å²) in [6, 6.07) is 9.88. The van der Waals surface area contributed by atoms with Gasteiger partial charge in [0.1, 0.15) is 12.1 Å². The second kappa shape index (κ2) is 7.26. The Labute approximate surface area is 162 Å². The zero-order valence-electron chi connectivity index (χ0n) is 15.4. The average molecular weight is 372 g/mol. The van der Waals surface area contributed by atoms with Gasteiger partial charge in [-0.2, -0.15) is 0 Å². The molecule has 0 N–H and O–H groups in total. The van der Waals surface area contributed by atoms with Crippen molar-refractivity contribution in [3.05, 3.63) is 67.1 Å².